The Morgan fingerprint density at radius 1 is 1.20 bits per heavy atom. The zero-order valence-electron chi connectivity index (χ0n) is 21.6. The number of likely N-dealkylation sites (tertiary alicyclic amines) is 1. The van der Waals surface area contributed by atoms with E-state index in [9.17, 15) is 38.4 Å². The van der Waals surface area contributed by atoms with E-state index in [1.54, 1.807) is 4.90 Å². The van der Waals surface area contributed by atoms with Crippen molar-refractivity contribution in [2.45, 2.75) is 72.9 Å². The monoisotopic (exact) mass is 588 g/mol. The molecule has 0 spiro atoms. The van der Waals surface area contributed by atoms with Gasteiger partial charge in [0.25, 0.3) is 0 Å². The second-order valence-electron chi connectivity index (χ2n) is 10.4. The Morgan fingerprint density at radius 2 is 1.88 bits per heavy atom. The minimum absolute atomic E-state index is 0.00861. The van der Waals surface area contributed by atoms with Crippen LogP contribution >= 0.6 is 11.8 Å². The molecular formula is C25H31F3N4O7S. The lowest BCUT2D eigenvalue weighted by molar-refractivity contribution is -0.179. The predicted molar refractivity (Wildman–Crippen MR) is 134 cm³/mol. The highest BCUT2D eigenvalue weighted by Gasteiger charge is 2.52. The van der Waals surface area contributed by atoms with E-state index in [-0.39, 0.29) is 49.3 Å². The maximum atomic E-state index is 13.8. The van der Waals surface area contributed by atoms with Crippen LogP contribution in [0.1, 0.15) is 32.2 Å². The van der Waals surface area contributed by atoms with E-state index in [0.717, 1.165) is 35.0 Å². The Bertz CT molecular complexity index is 1210. The van der Waals surface area contributed by atoms with Gasteiger partial charge in [0, 0.05) is 44.2 Å². The van der Waals surface area contributed by atoms with Gasteiger partial charge in [0.15, 0.2) is 17.5 Å². The second kappa shape index (κ2) is 11.5. The van der Waals surface area contributed by atoms with Crippen LogP contribution < -0.4 is 0 Å². The van der Waals surface area contributed by atoms with Crippen molar-refractivity contribution in [1.29, 1.82) is 0 Å². The van der Waals surface area contributed by atoms with Crippen LogP contribution in [0.15, 0.2) is 18.3 Å². The molecule has 0 bridgehead atoms. The predicted octanol–water partition coefficient (Wildman–Crippen LogP) is 0.607. The first-order chi connectivity index (χ1) is 19.0. The van der Waals surface area contributed by atoms with Crippen LogP contribution in [0.4, 0.5) is 13.2 Å². The number of aromatic nitrogens is 3. The van der Waals surface area contributed by atoms with Crippen molar-refractivity contribution in [2.75, 3.05) is 26.4 Å². The van der Waals surface area contributed by atoms with Crippen molar-refractivity contribution < 1.29 is 47.9 Å². The molecule has 220 valence electrons. The SMILES string of the molecule is C[C@H]1CCN1C(=O)[C@@H](S[C@@H]1O[C@H](CO)[C@H](O)[C@H](n2cc(-c3cc(F)c(F)c(F)c3)nn2)[C@H]1O)C1(O)CCOCC1. The molecule has 3 saturated heterocycles. The summed E-state index contributed by atoms with van der Waals surface area (Å²) in [6.07, 6.45) is -1.81. The maximum Gasteiger partial charge on any atom is 0.238 e. The van der Waals surface area contributed by atoms with Crippen molar-refractivity contribution in [3.63, 3.8) is 0 Å². The largest absolute Gasteiger partial charge is 0.394 e. The molecule has 2 aromatic rings. The first-order valence-electron chi connectivity index (χ1n) is 13.0. The molecule has 0 radical (unpaired) electrons. The summed E-state index contributed by atoms with van der Waals surface area (Å²) in [6, 6.07) is 0.203. The molecule has 7 atom stereocenters. The van der Waals surface area contributed by atoms with Gasteiger partial charge in [0.2, 0.25) is 5.91 Å². The number of nitrogens with zero attached hydrogens (tertiary/aromatic N) is 4. The summed E-state index contributed by atoms with van der Waals surface area (Å²) in [5, 5.41) is 50.5. The van der Waals surface area contributed by atoms with Gasteiger partial charge in [0.1, 0.15) is 40.7 Å². The van der Waals surface area contributed by atoms with Crippen LogP contribution in [0, 0.1) is 17.5 Å². The topological polar surface area (TPSA) is 150 Å². The highest BCUT2D eigenvalue weighted by molar-refractivity contribution is 8.01. The Balaban J connectivity index is 1.44. The lowest BCUT2D eigenvalue weighted by atomic mass is 9.88. The van der Waals surface area contributed by atoms with Gasteiger partial charge in [-0.05, 0) is 25.5 Å². The molecule has 15 heteroatoms. The molecule has 1 amide bonds. The van der Waals surface area contributed by atoms with Crippen molar-refractivity contribution in [1.82, 2.24) is 19.9 Å². The zero-order valence-corrected chi connectivity index (χ0v) is 22.4. The number of halogens is 3. The summed E-state index contributed by atoms with van der Waals surface area (Å²) in [4.78, 5) is 15.2. The molecule has 11 nitrogen and oxygen atoms in total. The Kier molecular flexibility index (Phi) is 8.44. The summed E-state index contributed by atoms with van der Waals surface area (Å²) < 4.78 is 53.3. The molecule has 40 heavy (non-hydrogen) atoms. The van der Waals surface area contributed by atoms with Gasteiger partial charge >= 0.3 is 0 Å². The molecule has 0 aliphatic carbocycles. The molecule has 5 rings (SSSR count). The summed E-state index contributed by atoms with van der Waals surface area (Å²) in [6.45, 7) is 2.29. The van der Waals surface area contributed by atoms with E-state index in [2.05, 4.69) is 10.3 Å². The minimum Gasteiger partial charge on any atom is -0.394 e. The van der Waals surface area contributed by atoms with Gasteiger partial charge < -0.3 is 34.8 Å². The molecular weight excluding hydrogens is 557 g/mol. The van der Waals surface area contributed by atoms with Crippen LogP contribution in [0.3, 0.4) is 0 Å². The first kappa shape index (κ1) is 29.2. The van der Waals surface area contributed by atoms with Gasteiger partial charge in [0.05, 0.1) is 18.4 Å². The third-order valence-corrected chi connectivity index (χ3v) is 9.46. The molecule has 1 aromatic heterocycles. The van der Waals surface area contributed by atoms with Gasteiger partial charge in [-0.25, -0.2) is 17.9 Å². The highest BCUT2D eigenvalue weighted by atomic mass is 32.2. The van der Waals surface area contributed by atoms with Crippen molar-refractivity contribution in [2.24, 2.45) is 0 Å². The van der Waals surface area contributed by atoms with Crippen LogP contribution in [0.25, 0.3) is 11.3 Å². The molecule has 4 N–H and O–H groups in total. The standard InChI is InChI=1S/C25H31F3N4O7S/c1-12-2-5-31(12)23(36)22(25(37)3-6-38-7-4-25)40-24-21(35)19(20(34)17(11-33)39-24)32-10-16(29-30-32)13-8-14(26)18(28)15(27)9-13/h8-10,12,17,19-22,24,33-35,37H,2-7,11H2,1H3/t12-,17+,19-,20-,21+,22+,24-/m0/s1. The number of carbonyl (C=O) groups is 1. The molecule has 0 unspecified atom stereocenters. The highest BCUT2D eigenvalue weighted by Crippen LogP contribution is 2.43. The van der Waals surface area contributed by atoms with E-state index >= 15 is 0 Å². The second-order valence-corrected chi connectivity index (χ2v) is 11.6. The fraction of sp³-hybridized carbons (Fsp3) is 0.640. The van der Waals surface area contributed by atoms with Gasteiger partial charge in [-0.15, -0.1) is 16.9 Å². The summed E-state index contributed by atoms with van der Waals surface area (Å²) in [5.74, 6) is -4.80. The number of thioether (sulfide) groups is 1. The number of hydrogen-bond acceptors (Lipinski definition) is 10. The number of amides is 1. The van der Waals surface area contributed by atoms with E-state index in [0.29, 0.717) is 6.54 Å². The quantitative estimate of drug-likeness (QED) is 0.339. The fourth-order valence-corrected chi connectivity index (χ4v) is 6.82. The number of hydrogen-bond donors (Lipinski definition) is 4. The molecule has 3 aliphatic heterocycles. The van der Waals surface area contributed by atoms with Gasteiger partial charge in [-0.2, -0.15) is 0 Å². The average molecular weight is 589 g/mol. The Labute approximate surface area is 231 Å². The van der Waals surface area contributed by atoms with Crippen LogP contribution in [0.2, 0.25) is 0 Å². The molecule has 0 saturated carbocycles. The van der Waals surface area contributed by atoms with Crippen molar-refractivity contribution in [3.05, 3.63) is 35.8 Å². The van der Waals surface area contributed by atoms with E-state index in [1.165, 1.54) is 6.20 Å². The van der Waals surface area contributed by atoms with E-state index in [4.69, 9.17) is 9.47 Å². The number of aliphatic hydroxyl groups excluding tert-OH is 3. The van der Waals surface area contributed by atoms with Crippen molar-refractivity contribution >= 4 is 17.7 Å². The lowest BCUT2D eigenvalue weighted by Gasteiger charge is -2.48. The smallest absolute Gasteiger partial charge is 0.238 e. The summed E-state index contributed by atoms with van der Waals surface area (Å²) in [7, 11) is 0. The molecule has 1 aromatic carbocycles. The lowest BCUT2D eigenvalue weighted by Crippen LogP contribution is -2.61. The molecule has 4 heterocycles. The first-order valence-corrected chi connectivity index (χ1v) is 13.9. The third kappa shape index (κ3) is 5.35. The molecule has 3 aliphatic rings. The third-order valence-electron chi connectivity index (χ3n) is 7.89. The van der Waals surface area contributed by atoms with Gasteiger partial charge in [-0.3, -0.25) is 4.79 Å². The number of benzene rings is 1. The summed E-state index contributed by atoms with van der Waals surface area (Å²) in [5.41, 5.74) is -2.84. The number of rotatable bonds is 7. The normalized spacial score (nSPS) is 31.1. The Hall–Kier alpha value is -2.27. The summed E-state index contributed by atoms with van der Waals surface area (Å²) >= 11 is 0.902. The fourth-order valence-electron chi connectivity index (χ4n) is 5.28. The van der Waals surface area contributed by atoms with E-state index < -0.39 is 64.7 Å². The minimum atomic E-state index is -1.64. The van der Waals surface area contributed by atoms with Crippen LogP contribution in [-0.2, 0) is 14.3 Å². The van der Waals surface area contributed by atoms with Crippen LogP contribution in [0.5, 0.6) is 0 Å². The van der Waals surface area contributed by atoms with Crippen LogP contribution in [-0.4, -0.2) is 113 Å². The van der Waals surface area contributed by atoms with Gasteiger partial charge in [-0.1, -0.05) is 5.21 Å². The average Bonchev–Trinajstić information content (AvgIpc) is 3.40. The number of aliphatic hydroxyl groups is 4. The maximum absolute atomic E-state index is 13.8. The number of ether oxygens (including phenoxy) is 2. The van der Waals surface area contributed by atoms with E-state index in [1.807, 2.05) is 6.92 Å². The zero-order chi connectivity index (χ0) is 28.8. The Morgan fingerprint density at radius 3 is 2.45 bits per heavy atom. The molecule has 3 fully saturated rings. The van der Waals surface area contributed by atoms with Crippen molar-refractivity contribution in [3.8, 4) is 11.3 Å². The number of carbonyl (C=O) groups excluding carboxylic acids is 1.